The van der Waals surface area contributed by atoms with Crippen molar-refractivity contribution in [3.05, 3.63) is 60.4 Å². The molecule has 4 rings (SSSR count). The second-order valence-electron chi connectivity index (χ2n) is 5.69. The van der Waals surface area contributed by atoms with Gasteiger partial charge in [0, 0.05) is 17.3 Å². The summed E-state index contributed by atoms with van der Waals surface area (Å²) in [6.07, 6.45) is 1.88. The molecule has 0 saturated heterocycles. The van der Waals surface area contributed by atoms with Crippen molar-refractivity contribution in [2.45, 2.75) is 6.42 Å². The van der Waals surface area contributed by atoms with E-state index in [4.69, 9.17) is 4.74 Å². The summed E-state index contributed by atoms with van der Waals surface area (Å²) in [7, 11) is 1.60. The van der Waals surface area contributed by atoms with Crippen LogP contribution in [0.25, 0.3) is 10.8 Å². The van der Waals surface area contributed by atoms with E-state index < -0.39 is 0 Å². The van der Waals surface area contributed by atoms with Crippen LogP contribution < -0.4 is 15.5 Å². The van der Waals surface area contributed by atoms with Crippen LogP contribution in [-0.4, -0.2) is 23.7 Å². The van der Waals surface area contributed by atoms with Crippen LogP contribution in [0.5, 0.6) is 5.75 Å². The Hall–Kier alpha value is -3.41. The van der Waals surface area contributed by atoms with Crippen LogP contribution >= 0.6 is 0 Å². The minimum atomic E-state index is -0.149. The van der Waals surface area contributed by atoms with Crippen LogP contribution in [0.2, 0.25) is 0 Å². The quantitative estimate of drug-likeness (QED) is 0.768. The monoisotopic (exact) mass is 332 g/mol. The van der Waals surface area contributed by atoms with Crippen molar-refractivity contribution < 1.29 is 9.53 Å². The summed E-state index contributed by atoms with van der Waals surface area (Å²) < 4.78 is 5.11. The number of carbonyl (C=O) groups is 1. The molecule has 6 heteroatoms. The molecule has 124 valence electrons. The Kier molecular flexibility index (Phi) is 3.78. The molecule has 2 aromatic carbocycles. The molecular formula is C19H16N4O2. The lowest BCUT2D eigenvalue weighted by molar-refractivity contribution is -0.115. The van der Waals surface area contributed by atoms with Crippen LogP contribution in [0.15, 0.2) is 59.8 Å². The number of methoxy groups -OCH3 is 1. The first-order chi connectivity index (χ1) is 12.2. The predicted molar refractivity (Wildman–Crippen MR) is 98.1 cm³/mol. The van der Waals surface area contributed by atoms with Crippen molar-refractivity contribution >= 4 is 33.8 Å². The number of pyridine rings is 1. The zero-order chi connectivity index (χ0) is 17.2. The van der Waals surface area contributed by atoms with Crippen molar-refractivity contribution in [1.29, 1.82) is 0 Å². The van der Waals surface area contributed by atoms with E-state index in [0.29, 0.717) is 11.4 Å². The van der Waals surface area contributed by atoms with E-state index in [1.165, 1.54) is 0 Å². The molecular weight excluding hydrogens is 316 g/mol. The summed E-state index contributed by atoms with van der Waals surface area (Å²) in [5.74, 6) is 0.593. The highest BCUT2D eigenvalue weighted by Crippen LogP contribution is 2.29. The highest BCUT2D eigenvalue weighted by molar-refractivity contribution is 6.21. The van der Waals surface area contributed by atoms with Crippen molar-refractivity contribution in [3.8, 4) is 5.75 Å². The fourth-order valence-electron chi connectivity index (χ4n) is 2.88. The summed E-state index contributed by atoms with van der Waals surface area (Å²) in [5, 5.41) is 9.25. The summed E-state index contributed by atoms with van der Waals surface area (Å²) in [4.78, 5) is 16.8. The van der Waals surface area contributed by atoms with Crippen molar-refractivity contribution in [2.24, 2.45) is 5.10 Å². The fraction of sp³-hybridized carbons (Fsp3) is 0.105. The van der Waals surface area contributed by atoms with Gasteiger partial charge in [-0.05, 0) is 41.8 Å². The number of hydrogen-bond donors (Lipinski definition) is 2. The van der Waals surface area contributed by atoms with Gasteiger partial charge in [0.1, 0.15) is 5.75 Å². The van der Waals surface area contributed by atoms with Gasteiger partial charge in [0.05, 0.1) is 30.6 Å². The SMILES string of the molecule is COc1ccc(NC(=O)CC2=NNc3cccc4ccnc2c34)cc1. The number of nitrogens with one attached hydrogen (secondary N) is 2. The molecule has 1 amide bonds. The molecule has 2 N–H and O–H groups in total. The molecule has 0 fully saturated rings. The number of aromatic nitrogens is 1. The Morgan fingerprint density at radius 2 is 2.00 bits per heavy atom. The summed E-state index contributed by atoms with van der Waals surface area (Å²) >= 11 is 0. The molecule has 0 spiro atoms. The van der Waals surface area contributed by atoms with Gasteiger partial charge in [0.15, 0.2) is 0 Å². The zero-order valence-corrected chi connectivity index (χ0v) is 13.6. The number of hydrogen-bond acceptors (Lipinski definition) is 5. The Bertz CT molecular complexity index is 975. The second kappa shape index (κ2) is 6.24. The van der Waals surface area contributed by atoms with Gasteiger partial charge in [-0.2, -0.15) is 5.10 Å². The van der Waals surface area contributed by atoms with E-state index in [0.717, 1.165) is 27.9 Å². The van der Waals surface area contributed by atoms with Gasteiger partial charge in [0.2, 0.25) is 5.91 Å². The van der Waals surface area contributed by atoms with E-state index in [1.807, 2.05) is 24.3 Å². The third-order valence-corrected chi connectivity index (χ3v) is 4.08. The van der Waals surface area contributed by atoms with Crippen LogP contribution in [0.4, 0.5) is 11.4 Å². The first-order valence-electron chi connectivity index (χ1n) is 7.89. The van der Waals surface area contributed by atoms with E-state index in [2.05, 4.69) is 20.8 Å². The molecule has 0 saturated carbocycles. The molecule has 0 aliphatic carbocycles. The topological polar surface area (TPSA) is 75.6 Å². The molecule has 0 atom stereocenters. The van der Waals surface area contributed by atoms with Gasteiger partial charge in [-0.3, -0.25) is 15.2 Å². The minimum absolute atomic E-state index is 0.138. The number of rotatable bonds is 4. The van der Waals surface area contributed by atoms with Gasteiger partial charge < -0.3 is 10.1 Å². The summed E-state index contributed by atoms with van der Waals surface area (Å²) in [5.41, 5.74) is 5.99. The summed E-state index contributed by atoms with van der Waals surface area (Å²) in [6.45, 7) is 0. The van der Waals surface area contributed by atoms with Crippen LogP contribution in [0, 0.1) is 0 Å². The normalized spacial score (nSPS) is 12.3. The average molecular weight is 332 g/mol. The highest BCUT2D eigenvalue weighted by Gasteiger charge is 2.20. The van der Waals surface area contributed by atoms with Gasteiger partial charge in [-0.1, -0.05) is 12.1 Å². The maximum atomic E-state index is 12.4. The third kappa shape index (κ3) is 2.89. The van der Waals surface area contributed by atoms with Gasteiger partial charge in [-0.15, -0.1) is 0 Å². The van der Waals surface area contributed by atoms with E-state index in [1.54, 1.807) is 37.6 Å². The van der Waals surface area contributed by atoms with Gasteiger partial charge >= 0.3 is 0 Å². The molecule has 0 bridgehead atoms. The van der Waals surface area contributed by atoms with E-state index >= 15 is 0 Å². The van der Waals surface area contributed by atoms with Crippen LogP contribution in [0.3, 0.4) is 0 Å². The molecule has 0 radical (unpaired) electrons. The standard InChI is InChI=1S/C19H16N4O2/c1-25-14-7-5-13(6-8-14)21-17(24)11-16-19-18-12(9-10-20-19)3-2-4-15(18)22-23-16/h2-10,22H,11H2,1H3,(H,21,24). The minimum Gasteiger partial charge on any atom is -0.497 e. The molecule has 3 aromatic rings. The average Bonchev–Trinajstić information content (AvgIpc) is 2.65. The molecule has 0 unspecified atom stereocenters. The molecule has 1 aliphatic rings. The second-order valence-corrected chi connectivity index (χ2v) is 5.69. The van der Waals surface area contributed by atoms with Crippen molar-refractivity contribution in [3.63, 3.8) is 0 Å². The molecule has 25 heavy (non-hydrogen) atoms. The predicted octanol–water partition coefficient (Wildman–Crippen LogP) is 3.40. The first kappa shape index (κ1) is 15.1. The largest absolute Gasteiger partial charge is 0.497 e. The number of nitrogens with zero attached hydrogens (tertiary/aromatic N) is 2. The Morgan fingerprint density at radius 1 is 1.16 bits per heavy atom. The van der Waals surface area contributed by atoms with Crippen molar-refractivity contribution in [1.82, 2.24) is 4.98 Å². The third-order valence-electron chi connectivity index (χ3n) is 4.08. The van der Waals surface area contributed by atoms with E-state index in [-0.39, 0.29) is 12.3 Å². The maximum Gasteiger partial charge on any atom is 0.230 e. The molecule has 1 aliphatic heterocycles. The fourth-order valence-corrected chi connectivity index (χ4v) is 2.88. The number of amides is 1. The smallest absolute Gasteiger partial charge is 0.230 e. The number of hydrazone groups is 1. The Morgan fingerprint density at radius 3 is 2.80 bits per heavy atom. The summed E-state index contributed by atoms with van der Waals surface area (Å²) in [6, 6.07) is 15.1. The lowest BCUT2D eigenvalue weighted by Gasteiger charge is -2.17. The zero-order valence-electron chi connectivity index (χ0n) is 13.6. The molecule has 2 heterocycles. The Labute approximate surface area is 144 Å². The molecule has 6 nitrogen and oxygen atoms in total. The number of benzene rings is 2. The lowest BCUT2D eigenvalue weighted by Crippen LogP contribution is -2.21. The van der Waals surface area contributed by atoms with Gasteiger partial charge in [-0.25, -0.2) is 0 Å². The van der Waals surface area contributed by atoms with Crippen LogP contribution in [0.1, 0.15) is 12.1 Å². The maximum absolute atomic E-state index is 12.4. The molecule has 1 aromatic heterocycles. The van der Waals surface area contributed by atoms with Crippen LogP contribution in [-0.2, 0) is 4.79 Å². The van der Waals surface area contributed by atoms with Crippen molar-refractivity contribution in [2.75, 3.05) is 17.9 Å². The first-order valence-corrected chi connectivity index (χ1v) is 7.89. The number of ether oxygens (including phenoxy) is 1. The highest BCUT2D eigenvalue weighted by atomic mass is 16.5. The van der Waals surface area contributed by atoms with E-state index in [9.17, 15) is 4.79 Å². The lowest BCUT2D eigenvalue weighted by atomic mass is 10.0. The Balaban J connectivity index is 1.55. The number of anilines is 2. The van der Waals surface area contributed by atoms with Gasteiger partial charge in [0.25, 0.3) is 0 Å². The number of carbonyl (C=O) groups excluding carboxylic acids is 1.